The SMILES string of the molecule is CC(C)C1CCN(CC(=O)N2CCC(=O)CC2)CC1. The average Bonchev–Trinajstić information content (AvgIpc) is 2.40. The van der Waals surface area contributed by atoms with E-state index in [1.54, 1.807) is 0 Å². The van der Waals surface area contributed by atoms with Gasteiger partial charge in [0.2, 0.25) is 5.91 Å². The number of hydrogen-bond acceptors (Lipinski definition) is 3. The van der Waals surface area contributed by atoms with E-state index >= 15 is 0 Å². The van der Waals surface area contributed by atoms with Crippen LogP contribution >= 0.6 is 0 Å². The first-order valence-corrected chi connectivity index (χ1v) is 7.58. The Kier molecular flexibility index (Phi) is 4.97. The lowest BCUT2D eigenvalue weighted by atomic mass is 9.87. The summed E-state index contributed by atoms with van der Waals surface area (Å²) in [6.45, 7) is 8.45. The fourth-order valence-electron chi connectivity index (χ4n) is 3.07. The van der Waals surface area contributed by atoms with Gasteiger partial charge in [0, 0.05) is 25.9 Å². The summed E-state index contributed by atoms with van der Waals surface area (Å²) in [5.41, 5.74) is 0. The molecular weight excluding hydrogens is 240 g/mol. The maximum absolute atomic E-state index is 12.2. The summed E-state index contributed by atoms with van der Waals surface area (Å²) < 4.78 is 0. The maximum atomic E-state index is 12.2. The highest BCUT2D eigenvalue weighted by Gasteiger charge is 2.26. The number of ketones is 1. The molecule has 2 rings (SSSR count). The summed E-state index contributed by atoms with van der Waals surface area (Å²) in [6, 6.07) is 0. The lowest BCUT2D eigenvalue weighted by molar-refractivity contribution is -0.135. The van der Waals surface area contributed by atoms with Crippen LogP contribution in [0.3, 0.4) is 0 Å². The fourth-order valence-corrected chi connectivity index (χ4v) is 3.07. The molecule has 0 unspecified atom stereocenters. The number of amides is 1. The Hall–Kier alpha value is -0.900. The monoisotopic (exact) mass is 266 g/mol. The molecular formula is C15H26N2O2. The van der Waals surface area contributed by atoms with Crippen LogP contribution in [0.4, 0.5) is 0 Å². The van der Waals surface area contributed by atoms with Gasteiger partial charge in [-0.15, -0.1) is 0 Å². The largest absolute Gasteiger partial charge is 0.341 e. The number of carbonyl (C=O) groups excluding carboxylic acids is 2. The predicted molar refractivity (Wildman–Crippen MR) is 74.8 cm³/mol. The molecule has 0 radical (unpaired) electrons. The predicted octanol–water partition coefficient (Wildman–Crippen LogP) is 1.55. The van der Waals surface area contributed by atoms with Gasteiger partial charge < -0.3 is 4.90 Å². The van der Waals surface area contributed by atoms with Crippen LogP contribution in [0, 0.1) is 11.8 Å². The van der Waals surface area contributed by atoms with Gasteiger partial charge in [0.25, 0.3) is 0 Å². The van der Waals surface area contributed by atoms with E-state index in [0.29, 0.717) is 38.3 Å². The van der Waals surface area contributed by atoms with Gasteiger partial charge in [-0.2, -0.15) is 0 Å². The molecule has 2 saturated heterocycles. The molecule has 2 fully saturated rings. The van der Waals surface area contributed by atoms with Crippen LogP contribution in [-0.4, -0.2) is 54.2 Å². The number of rotatable bonds is 3. The summed E-state index contributed by atoms with van der Waals surface area (Å²) in [7, 11) is 0. The number of hydrogen-bond donors (Lipinski definition) is 0. The zero-order chi connectivity index (χ0) is 13.8. The minimum Gasteiger partial charge on any atom is -0.341 e. The first-order valence-electron chi connectivity index (χ1n) is 7.58. The molecule has 4 nitrogen and oxygen atoms in total. The van der Waals surface area contributed by atoms with Crippen molar-refractivity contribution in [2.45, 2.75) is 39.5 Å². The normalized spacial score (nSPS) is 23.1. The highest BCUT2D eigenvalue weighted by molar-refractivity contribution is 5.84. The van der Waals surface area contributed by atoms with Crippen molar-refractivity contribution in [3.05, 3.63) is 0 Å². The standard InChI is InChI=1S/C15H26N2O2/c1-12(2)13-3-7-16(8-4-13)11-15(19)17-9-5-14(18)6-10-17/h12-13H,3-11H2,1-2H3. The van der Waals surface area contributed by atoms with E-state index < -0.39 is 0 Å². The molecule has 108 valence electrons. The van der Waals surface area contributed by atoms with Crippen molar-refractivity contribution in [3.8, 4) is 0 Å². The highest BCUT2D eigenvalue weighted by Crippen LogP contribution is 2.24. The van der Waals surface area contributed by atoms with E-state index in [1.165, 1.54) is 12.8 Å². The molecule has 0 N–H and O–H groups in total. The molecule has 0 bridgehead atoms. The van der Waals surface area contributed by atoms with Crippen molar-refractivity contribution < 1.29 is 9.59 Å². The van der Waals surface area contributed by atoms with Crippen LogP contribution in [0.5, 0.6) is 0 Å². The first kappa shape index (κ1) is 14.5. The van der Waals surface area contributed by atoms with Gasteiger partial charge in [-0.3, -0.25) is 14.5 Å². The summed E-state index contributed by atoms with van der Waals surface area (Å²) >= 11 is 0. The third kappa shape index (κ3) is 4.03. The zero-order valence-electron chi connectivity index (χ0n) is 12.2. The Morgan fingerprint density at radius 2 is 1.74 bits per heavy atom. The Balaban J connectivity index is 1.73. The average molecular weight is 266 g/mol. The molecule has 2 heterocycles. The number of carbonyl (C=O) groups is 2. The zero-order valence-corrected chi connectivity index (χ0v) is 12.2. The minimum atomic E-state index is 0.204. The Labute approximate surface area is 116 Å². The molecule has 2 aliphatic heterocycles. The molecule has 0 spiro atoms. The fraction of sp³-hybridized carbons (Fsp3) is 0.867. The van der Waals surface area contributed by atoms with Crippen LogP contribution in [0.25, 0.3) is 0 Å². The first-order chi connectivity index (χ1) is 9.06. The molecule has 0 atom stereocenters. The number of likely N-dealkylation sites (tertiary alicyclic amines) is 2. The van der Waals surface area contributed by atoms with Gasteiger partial charge in [0.1, 0.15) is 5.78 Å². The number of nitrogens with zero attached hydrogens (tertiary/aromatic N) is 2. The number of Topliss-reactive ketones (excluding diaryl/α,β-unsaturated/α-hetero) is 1. The Bertz CT molecular complexity index is 323. The molecule has 0 aromatic carbocycles. The van der Waals surface area contributed by atoms with E-state index in [-0.39, 0.29) is 5.91 Å². The van der Waals surface area contributed by atoms with Gasteiger partial charge in [-0.05, 0) is 37.8 Å². The molecule has 1 amide bonds. The van der Waals surface area contributed by atoms with E-state index in [1.807, 2.05) is 4.90 Å². The third-order valence-corrected chi connectivity index (χ3v) is 4.61. The van der Waals surface area contributed by atoms with Crippen molar-refractivity contribution in [1.82, 2.24) is 9.80 Å². The van der Waals surface area contributed by atoms with Crippen LogP contribution in [0.2, 0.25) is 0 Å². The summed E-state index contributed by atoms with van der Waals surface area (Å²) in [5, 5.41) is 0. The molecule has 0 aromatic heterocycles. The van der Waals surface area contributed by atoms with Crippen molar-refractivity contribution in [3.63, 3.8) is 0 Å². The lowest BCUT2D eigenvalue weighted by Crippen LogP contribution is -2.46. The van der Waals surface area contributed by atoms with Crippen molar-refractivity contribution >= 4 is 11.7 Å². The Morgan fingerprint density at radius 1 is 1.16 bits per heavy atom. The van der Waals surface area contributed by atoms with Gasteiger partial charge in [0.15, 0.2) is 0 Å². The second-order valence-corrected chi connectivity index (χ2v) is 6.28. The third-order valence-electron chi connectivity index (χ3n) is 4.61. The second kappa shape index (κ2) is 6.51. The molecule has 0 aliphatic carbocycles. The molecule has 0 saturated carbocycles. The van der Waals surface area contributed by atoms with E-state index in [2.05, 4.69) is 18.7 Å². The summed E-state index contributed by atoms with van der Waals surface area (Å²) in [5.74, 6) is 2.07. The molecule has 0 aromatic rings. The minimum absolute atomic E-state index is 0.204. The van der Waals surface area contributed by atoms with Gasteiger partial charge in [-0.25, -0.2) is 0 Å². The molecule has 2 aliphatic rings. The summed E-state index contributed by atoms with van der Waals surface area (Å²) in [6.07, 6.45) is 3.51. The highest BCUT2D eigenvalue weighted by atomic mass is 16.2. The van der Waals surface area contributed by atoms with Crippen LogP contribution < -0.4 is 0 Å². The summed E-state index contributed by atoms with van der Waals surface area (Å²) in [4.78, 5) is 27.5. The van der Waals surface area contributed by atoms with E-state index in [9.17, 15) is 9.59 Å². The van der Waals surface area contributed by atoms with Gasteiger partial charge in [-0.1, -0.05) is 13.8 Å². The van der Waals surface area contributed by atoms with Crippen LogP contribution in [0.15, 0.2) is 0 Å². The topological polar surface area (TPSA) is 40.6 Å². The maximum Gasteiger partial charge on any atom is 0.236 e. The smallest absolute Gasteiger partial charge is 0.236 e. The Morgan fingerprint density at radius 3 is 2.26 bits per heavy atom. The van der Waals surface area contributed by atoms with Crippen LogP contribution in [0.1, 0.15) is 39.5 Å². The van der Waals surface area contributed by atoms with Crippen molar-refractivity contribution in [2.75, 3.05) is 32.7 Å². The lowest BCUT2D eigenvalue weighted by Gasteiger charge is -2.35. The van der Waals surface area contributed by atoms with Crippen molar-refractivity contribution in [2.24, 2.45) is 11.8 Å². The van der Waals surface area contributed by atoms with E-state index in [0.717, 1.165) is 24.9 Å². The second-order valence-electron chi connectivity index (χ2n) is 6.28. The van der Waals surface area contributed by atoms with Crippen molar-refractivity contribution in [1.29, 1.82) is 0 Å². The van der Waals surface area contributed by atoms with E-state index in [4.69, 9.17) is 0 Å². The number of piperidine rings is 2. The molecule has 19 heavy (non-hydrogen) atoms. The van der Waals surface area contributed by atoms with Crippen LogP contribution in [-0.2, 0) is 9.59 Å². The van der Waals surface area contributed by atoms with Gasteiger partial charge in [0.05, 0.1) is 6.54 Å². The van der Waals surface area contributed by atoms with Gasteiger partial charge >= 0.3 is 0 Å². The molecule has 4 heteroatoms. The quantitative estimate of drug-likeness (QED) is 0.778.